The molecule has 106 valence electrons. The van der Waals surface area contributed by atoms with Crippen LogP contribution in [0.5, 0.6) is 0 Å². The predicted octanol–water partition coefficient (Wildman–Crippen LogP) is 4.31. The summed E-state index contributed by atoms with van der Waals surface area (Å²) in [4.78, 5) is 1.18. The summed E-state index contributed by atoms with van der Waals surface area (Å²) in [6.45, 7) is 3.97. The van der Waals surface area contributed by atoms with E-state index in [1.54, 1.807) is 0 Å². The molecule has 0 amide bonds. The average Bonchev–Trinajstić information content (AvgIpc) is 2.37. The van der Waals surface area contributed by atoms with E-state index in [0.29, 0.717) is 4.90 Å². The van der Waals surface area contributed by atoms with Crippen LogP contribution in [-0.4, -0.2) is 6.04 Å². The molecule has 2 aromatic rings. The second-order valence-corrected chi connectivity index (χ2v) is 6.06. The average molecular weight is 293 g/mol. The van der Waals surface area contributed by atoms with Crippen LogP contribution in [0.4, 0.5) is 8.78 Å². The SMILES string of the molecule is Cc1cc(Sc2cc(F)ccc2F)ccc1CC(C)N. The van der Waals surface area contributed by atoms with Crippen LogP contribution in [0.15, 0.2) is 46.2 Å². The number of halogens is 2. The molecule has 0 saturated carbocycles. The number of aryl methyl sites for hydroxylation is 1. The molecule has 0 saturated heterocycles. The summed E-state index contributed by atoms with van der Waals surface area (Å²) < 4.78 is 26.7. The minimum atomic E-state index is -0.431. The molecule has 20 heavy (non-hydrogen) atoms. The standard InChI is InChI=1S/C16H17F2NS/c1-10-7-14(5-3-12(10)8-11(2)19)20-16-9-13(17)4-6-15(16)18/h3-7,9,11H,8,19H2,1-2H3. The third-order valence-corrected chi connectivity index (χ3v) is 4.00. The van der Waals surface area contributed by atoms with Gasteiger partial charge in [0.05, 0.1) is 4.90 Å². The highest BCUT2D eigenvalue weighted by Gasteiger charge is 2.08. The van der Waals surface area contributed by atoms with Gasteiger partial charge in [0, 0.05) is 10.9 Å². The van der Waals surface area contributed by atoms with Gasteiger partial charge >= 0.3 is 0 Å². The molecule has 0 radical (unpaired) electrons. The zero-order valence-electron chi connectivity index (χ0n) is 11.5. The number of benzene rings is 2. The summed E-state index contributed by atoms with van der Waals surface area (Å²) in [5.41, 5.74) is 8.09. The van der Waals surface area contributed by atoms with E-state index in [4.69, 9.17) is 5.73 Å². The van der Waals surface area contributed by atoms with E-state index in [1.165, 1.54) is 23.4 Å². The molecule has 2 N–H and O–H groups in total. The van der Waals surface area contributed by atoms with Gasteiger partial charge in [-0.25, -0.2) is 8.78 Å². The van der Waals surface area contributed by atoms with E-state index in [1.807, 2.05) is 32.0 Å². The van der Waals surface area contributed by atoms with E-state index in [9.17, 15) is 8.78 Å². The monoisotopic (exact) mass is 293 g/mol. The van der Waals surface area contributed by atoms with Crippen molar-refractivity contribution >= 4 is 11.8 Å². The molecule has 1 atom stereocenters. The molecule has 0 heterocycles. The molecular formula is C16H17F2NS. The van der Waals surface area contributed by atoms with Crippen molar-refractivity contribution in [1.29, 1.82) is 0 Å². The maximum atomic E-state index is 13.6. The maximum absolute atomic E-state index is 13.6. The van der Waals surface area contributed by atoms with Crippen LogP contribution >= 0.6 is 11.8 Å². The van der Waals surface area contributed by atoms with Gasteiger partial charge in [-0.15, -0.1) is 0 Å². The van der Waals surface area contributed by atoms with Crippen LogP contribution in [0.2, 0.25) is 0 Å². The minimum absolute atomic E-state index is 0.105. The minimum Gasteiger partial charge on any atom is -0.328 e. The van der Waals surface area contributed by atoms with Crippen LogP contribution in [-0.2, 0) is 6.42 Å². The van der Waals surface area contributed by atoms with Gasteiger partial charge in [-0.05, 0) is 61.7 Å². The number of rotatable bonds is 4. The Morgan fingerprint density at radius 2 is 1.90 bits per heavy atom. The predicted molar refractivity (Wildman–Crippen MR) is 79.0 cm³/mol. The Morgan fingerprint density at radius 1 is 1.15 bits per heavy atom. The van der Waals surface area contributed by atoms with Crippen molar-refractivity contribution in [3.05, 3.63) is 59.2 Å². The van der Waals surface area contributed by atoms with Crippen LogP contribution in [0, 0.1) is 18.6 Å². The molecular weight excluding hydrogens is 276 g/mol. The lowest BCUT2D eigenvalue weighted by Crippen LogP contribution is -2.18. The maximum Gasteiger partial charge on any atom is 0.137 e. The fourth-order valence-corrected chi connectivity index (χ4v) is 2.95. The van der Waals surface area contributed by atoms with Gasteiger partial charge in [0.25, 0.3) is 0 Å². The lowest BCUT2D eigenvalue weighted by molar-refractivity contribution is 0.577. The fraction of sp³-hybridized carbons (Fsp3) is 0.250. The van der Waals surface area contributed by atoms with Crippen molar-refractivity contribution < 1.29 is 8.78 Å². The molecule has 0 aliphatic heterocycles. The summed E-state index contributed by atoms with van der Waals surface area (Å²) >= 11 is 1.22. The molecule has 2 rings (SSSR count). The zero-order chi connectivity index (χ0) is 14.7. The number of hydrogen-bond acceptors (Lipinski definition) is 2. The van der Waals surface area contributed by atoms with E-state index in [2.05, 4.69) is 0 Å². The first-order valence-electron chi connectivity index (χ1n) is 6.43. The van der Waals surface area contributed by atoms with Crippen molar-refractivity contribution in [3.8, 4) is 0 Å². The Bertz CT molecular complexity index is 611. The molecule has 0 spiro atoms. The van der Waals surface area contributed by atoms with E-state index >= 15 is 0 Å². The Balaban J connectivity index is 2.22. The first-order chi connectivity index (χ1) is 9.45. The van der Waals surface area contributed by atoms with Crippen LogP contribution < -0.4 is 5.73 Å². The molecule has 1 nitrogen and oxygen atoms in total. The van der Waals surface area contributed by atoms with Gasteiger partial charge in [0.2, 0.25) is 0 Å². The van der Waals surface area contributed by atoms with E-state index in [0.717, 1.165) is 29.0 Å². The summed E-state index contributed by atoms with van der Waals surface area (Å²) in [5, 5.41) is 0. The van der Waals surface area contributed by atoms with Gasteiger partial charge in [0.15, 0.2) is 0 Å². The Morgan fingerprint density at radius 3 is 2.55 bits per heavy atom. The smallest absolute Gasteiger partial charge is 0.137 e. The molecule has 0 fully saturated rings. The summed E-state index contributed by atoms with van der Waals surface area (Å²) in [6, 6.07) is 9.48. The van der Waals surface area contributed by atoms with Crippen molar-refractivity contribution in [2.75, 3.05) is 0 Å². The lowest BCUT2D eigenvalue weighted by atomic mass is 10.0. The van der Waals surface area contributed by atoms with Crippen LogP contribution in [0.25, 0.3) is 0 Å². The van der Waals surface area contributed by atoms with Gasteiger partial charge in [-0.3, -0.25) is 0 Å². The second-order valence-electron chi connectivity index (χ2n) is 4.95. The Hall–Kier alpha value is -1.39. The first kappa shape index (κ1) is 15.0. The molecule has 0 aliphatic carbocycles. The summed E-state index contributed by atoms with van der Waals surface area (Å²) in [7, 11) is 0. The molecule has 1 unspecified atom stereocenters. The highest BCUT2D eigenvalue weighted by atomic mass is 32.2. The molecule has 0 aromatic heterocycles. The highest BCUT2D eigenvalue weighted by molar-refractivity contribution is 7.99. The lowest BCUT2D eigenvalue weighted by Gasteiger charge is -2.11. The topological polar surface area (TPSA) is 26.0 Å². The van der Waals surface area contributed by atoms with Crippen molar-refractivity contribution in [2.45, 2.75) is 36.1 Å². The molecule has 2 aromatic carbocycles. The summed E-state index contributed by atoms with van der Waals surface area (Å²) in [6.07, 6.45) is 0.811. The molecule has 4 heteroatoms. The molecule has 0 aliphatic rings. The van der Waals surface area contributed by atoms with Gasteiger partial charge < -0.3 is 5.73 Å². The zero-order valence-corrected chi connectivity index (χ0v) is 12.3. The number of nitrogens with two attached hydrogens (primary N) is 1. The largest absolute Gasteiger partial charge is 0.328 e. The first-order valence-corrected chi connectivity index (χ1v) is 7.25. The van der Waals surface area contributed by atoms with Crippen molar-refractivity contribution in [3.63, 3.8) is 0 Å². The third-order valence-electron chi connectivity index (χ3n) is 2.98. The van der Waals surface area contributed by atoms with Crippen molar-refractivity contribution in [2.24, 2.45) is 5.73 Å². The summed E-state index contributed by atoms with van der Waals surface area (Å²) in [5.74, 6) is -0.840. The molecule has 0 bridgehead atoms. The fourth-order valence-electron chi connectivity index (χ4n) is 1.99. The van der Waals surface area contributed by atoms with Gasteiger partial charge in [-0.2, -0.15) is 0 Å². The van der Waals surface area contributed by atoms with E-state index < -0.39 is 11.6 Å². The van der Waals surface area contributed by atoms with Gasteiger partial charge in [-0.1, -0.05) is 17.8 Å². The Labute approximate surface area is 122 Å². The third kappa shape index (κ3) is 3.81. The number of hydrogen-bond donors (Lipinski definition) is 1. The van der Waals surface area contributed by atoms with Gasteiger partial charge in [0.1, 0.15) is 11.6 Å². The quantitative estimate of drug-likeness (QED) is 0.909. The highest BCUT2D eigenvalue weighted by Crippen LogP contribution is 2.31. The Kier molecular flexibility index (Phi) is 4.78. The van der Waals surface area contributed by atoms with E-state index in [-0.39, 0.29) is 6.04 Å². The van der Waals surface area contributed by atoms with Crippen LogP contribution in [0.3, 0.4) is 0 Å². The van der Waals surface area contributed by atoms with Crippen LogP contribution in [0.1, 0.15) is 18.1 Å². The second kappa shape index (κ2) is 6.37. The normalized spacial score (nSPS) is 12.4. The van der Waals surface area contributed by atoms with Crippen molar-refractivity contribution in [1.82, 2.24) is 0 Å².